The van der Waals surface area contributed by atoms with Crippen molar-refractivity contribution in [2.45, 2.75) is 26.0 Å². The van der Waals surface area contributed by atoms with Gasteiger partial charge in [0, 0.05) is 11.1 Å². The highest BCUT2D eigenvalue weighted by Gasteiger charge is 2.18. The Labute approximate surface area is 130 Å². The zero-order valence-electron chi connectivity index (χ0n) is 12.5. The molecule has 21 heavy (non-hydrogen) atoms. The van der Waals surface area contributed by atoms with Crippen LogP contribution in [0.4, 0.5) is 0 Å². The molecule has 2 aromatic carbocycles. The molecule has 0 aliphatic rings. The molecule has 2 atom stereocenters. The van der Waals surface area contributed by atoms with Crippen molar-refractivity contribution in [2.75, 3.05) is 7.11 Å². The van der Waals surface area contributed by atoms with E-state index in [1.807, 2.05) is 56.3 Å². The molecule has 0 bridgehead atoms. The zero-order valence-corrected chi connectivity index (χ0v) is 13.2. The number of nitrogens with two attached hydrogens (primary N) is 1. The van der Waals surface area contributed by atoms with Crippen molar-refractivity contribution < 1.29 is 9.47 Å². The van der Waals surface area contributed by atoms with Gasteiger partial charge in [-0.2, -0.15) is 0 Å². The van der Waals surface area contributed by atoms with Crippen LogP contribution in [-0.2, 0) is 0 Å². The monoisotopic (exact) mass is 305 g/mol. The fraction of sp³-hybridized carbons (Fsp3) is 0.294. The number of hydrogen-bond acceptors (Lipinski definition) is 3. The predicted molar refractivity (Wildman–Crippen MR) is 86.2 cm³/mol. The van der Waals surface area contributed by atoms with Gasteiger partial charge in [0.1, 0.15) is 17.6 Å². The van der Waals surface area contributed by atoms with Crippen LogP contribution in [0.5, 0.6) is 11.5 Å². The molecule has 0 fully saturated rings. The highest BCUT2D eigenvalue weighted by molar-refractivity contribution is 6.31. The third kappa shape index (κ3) is 3.90. The minimum atomic E-state index is -0.225. The summed E-state index contributed by atoms with van der Waals surface area (Å²) in [6.07, 6.45) is -0.225. The van der Waals surface area contributed by atoms with E-state index in [1.165, 1.54) is 0 Å². The van der Waals surface area contributed by atoms with Crippen molar-refractivity contribution in [1.82, 2.24) is 0 Å². The Morgan fingerprint density at radius 3 is 2.19 bits per heavy atom. The Hall–Kier alpha value is -1.71. The second-order valence-corrected chi connectivity index (χ2v) is 5.49. The molecule has 4 heteroatoms. The van der Waals surface area contributed by atoms with Gasteiger partial charge in [-0.15, -0.1) is 0 Å². The van der Waals surface area contributed by atoms with E-state index in [-0.39, 0.29) is 12.1 Å². The van der Waals surface area contributed by atoms with Crippen LogP contribution in [0.15, 0.2) is 42.5 Å². The van der Waals surface area contributed by atoms with E-state index in [2.05, 4.69) is 0 Å². The molecule has 2 N–H and O–H groups in total. The Balaban J connectivity index is 2.23. The molecule has 0 saturated heterocycles. The summed E-state index contributed by atoms with van der Waals surface area (Å²) in [7, 11) is 1.64. The molecule has 0 aliphatic heterocycles. The maximum absolute atomic E-state index is 6.07. The van der Waals surface area contributed by atoms with Crippen LogP contribution in [0.3, 0.4) is 0 Å². The van der Waals surface area contributed by atoms with E-state index in [0.717, 1.165) is 27.6 Å². The number of hydrogen-bond donors (Lipinski definition) is 1. The lowest BCUT2D eigenvalue weighted by Gasteiger charge is -2.23. The average Bonchev–Trinajstić information content (AvgIpc) is 2.48. The number of rotatable bonds is 5. The summed E-state index contributed by atoms with van der Waals surface area (Å²) in [5.74, 6) is 1.57. The molecule has 0 amide bonds. The number of halogens is 1. The Morgan fingerprint density at radius 2 is 1.67 bits per heavy atom. The van der Waals surface area contributed by atoms with E-state index >= 15 is 0 Å². The van der Waals surface area contributed by atoms with Gasteiger partial charge >= 0.3 is 0 Å². The molecule has 0 aromatic heterocycles. The molecule has 2 rings (SSSR count). The van der Waals surface area contributed by atoms with E-state index < -0.39 is 0 Å². The highest BCUT2D eigenvalue weighted by Crippen LogP contribution is 2.28. The van der Waals surface area contributed by atoms with Gasteiger partial charge in [-0.3, -0.25) is 0 Å². The van der Waals surface area contributed by atoms with E-state index in [0.29, 0.717) is 0 Å². The van der Waals surface area contributed by atoms with Gasteiger partial charge in [-0.1, -0.05) is 23.7 Å². The molecule has 0 heterocycles. The molecule has 0 aliphatic carbocycles. The van der Waals surface area contributed by atoms with Gasteiger partial charge in [0.25, 0.3) is 0 Å². The Bertz CT molecular complexity index is 596. The van der Waals surface area contributed by atoms with Gasteiger partial charge in [-0.05, 0) is 55.3 Å². The van der Waals surface area contributed by atoms with Crippen LogP contribution in [-0.4, -0.2) is 13.2 Å². The Kier molecular flexibility index (Phi) is 5.10. The summed E-state index contributed by atoms with van der Waals surface area (Å²) < 4.78 is 11.2. The van der Waals surface area contributed by atoms with Gasteiger partial charge in [0.05, 0.1) is 7.11 Å². The third-order valence-electron chi connectivity index (χ3n) is 3.31. The standard InChI is InChI=1S/C17H20ClNO2/c1-11-10-15(8-9-16(11)18)21-17(12(2)19)13-4-6-14(20-3)7-5-13/h4-10,12,17H,19H2,1-3H3. The molecular formula is C17H20ClNO2. The zero-order chi connectivity index (χ0) is 15.4. The molecule has 0 radical (unpaired) electrons. The molecule has 112 valence electrons. The summed E-state index contributed by atoms with van der Waals surface area (Å²) in [6, 6.07) is 13.2. The number of benzene rings is 2. The van der Waals surface area contributed by atoms with Crippen molar-refractivity contribution in [3.05, 3.63) is 58.6 Å². The summed E-state index contributed by atoms with van der Waals surface area (Å²) in [5, 5.41) is 0.726. The minimum absolute atomic E-state index is 0.144. The van der Waals surface area contributed by atoms with Crippen LogP contribution in [0.25, 0.3) is 0 Å². The molecular weight excluding hydrogens is 286 g/mol. The first-order chi connectivity index (χ1) is 10.0. The lowest BCUT2D eigenvalue weighted by Crippen LogP contribution is -2.29. The van der Waals surface area contributed by atoms with Gasteiger partial charge < -0.3 is 15.2 Å². The highest BCUT2D eigenvalue weighted by atomic mass is 35.5. The van der Waals surface area contributed by atoms with Crippen LogP contribution in [0.2, 0.25) is 5.02 Å². The Morgan fingerprint density at radius 1 is 1.05 bits per heavy atom. The van der Waals surface area contributed by atoms with E-state index in [4.69, 9.17) is 26.8 Å². The molecule has 3 nitrogen and oxygen atoms in total. The maximum Gasteiger partial charge on any atom is 0.138 e. The summed E-state index contributed by atoms with van der Waals surface area (Å²) in [4.78, 5) is 0. The van der Waals surface area contributed by atoms with Crippen molar-refractivity contribution in [3.63, 3.8) is 0 Å². The molecule has 0 saturated carbocycles. The first kappa shape index (κ1) is 15.7. The van der Waals surface area contributed by atoms with E-state index in [9.17, 15) is 0 Å². The van der Waals surface area contributed by atoms with Gasteiger partial charge in [0.2, 0.25) is 0 Å². The molecule has 2 unspecified atom stereocenters. The van der Waals surface area contributed by atoms with Crippen molar-refractivity contribution in [1.29, 1.82) is 0 Å². The predicted octanol–water partition coefficient (Wildman–Crippen LogP) is 4.12. The number of methoxy groups -OCH3 is 1. The van der Waals surface area contributed by atoms with Gasteiger partial charge in [0.15, 0.2) is 0 Å². The summed E-state index contributed by atoms with van der Waals surface area (Å²) in [5.41, 5.74) is 8.06. The number of aryl methyl sites for hydroxylation is 1. The lowest BCUT2D eigenvalue weighted by atomic mass is 10.0. The largest absolute Gasteiger partial charge is 0.497 e. The summed E-state index contributed by atoms with van der Waals surface area (Å²) in [6.45, 7) is 3.88. The first-order valence-electron chi connectivity index (χ1n) is 6.83. The average molecular weight is 306 g/mol. The normalized spacial score (nSPS) is 13.6. The molecule has 0 spiro atoms. The van der Waals surface area contributed by atoms with Crippen LogP contribution in [0, 0.1) is 6.92 Å². The molecule has 2 aromatic rings. The minimum Gasteiger partial charge on any atom is -0.497 e. The second-order valence-electron chi connectivity index (χ2n) is 5.08. The number of ether oxygens (including phenoxy) is 2. The first-order valence-corrected chi connectivity index (χ1v) is 7.21. The maximum atomic E-state index is 6.07. The lowest BCUT2D eigenvalue weighted by molar-refractivity contribution is 0.180. The van der Waals surface area contributed by atoms with E-state index in [1.54, 1.807) is 7.11 Å². The van der Waals surface area contributed by atoms with Crippen molar-refractivity contribution in [2.24, 2.45) is 5.73 Å². The van der Waals surface area contributed by atoms with Crippen molar-refractivity contribution in [3.8, 4) is 11.5 Å². The van der Waals surface area contributed by atoms with Crippen LogP contribution >= 0.6 is 11.6 Å². The fourth-order valence-electron chi connectivity index (χ4n) is 2.11. The second kappa shape index (κ2) is 6.83. The van der Waals surface area contributed by atoms with Gasteiger partial charge in [-0.25, -0.2) is 0 Å². The van der Waals surface area contributed by atoms with Crippen LogP contribution in [0.1, 0.15) is 24.2 Å². The summed E-state index contributed by atoms with van der Waals surface area (Å²) >= 11 is 6.04. The van der Waals surface area contributed by atoms with Crippen molar-refractivity contribution >= 4 is 11.6 Å². The third-order valence-corrected chi connectivity index (χ3v) is 3.74. The smallest absolute Gasteiger partial charge is 0.138 e. The van der Waals surface area contributed by atoms with Crippen LogP contribution < -0.4 is 15.2 Å². The SMILES string of the molecule is COc1ccc(C(Oc2ccc(Cl)c(C)c2)C(C)N)cc1. The topological polar surface area (TPSA) is 44.5 Å². The quantitative estimate of drug-likeness (QED) is 0.903. The fourth-order valence-corrected chi connectivity index (χ4v) is 2.23.